The summed E-state index contributed by atoms with van der Waals surface area (Å²) < 4.78 is 11.6. The Bertz CT molecular complexity index is 926. The normalized spacial score (nSPS) is 34.5. The highest BCUT2D eigenvalue weighted by molar-refractivity contribution is 8.14. The number of nitrogens with one attached hydrogen (secondary N) is 1. The van der Waals surface area contributed by atoms with Crippen LogP contribution in [-0.4, -0.2) is 74.3 Å². The van der Waals surface area contributed by atoms with Crippen LogP contribution in [0.25, 0.3) is 0 Å². The Morgan fingerprint density at radius 3 is 2.64 bits per heavy atom. The van der Waals surface area contributed by atoms with Gasteiger partial charge >= 0.3 is 12.1 Å². The molecule has 6 atom stereocenters. The summed E-state index contributed by atoms with van der Waals surface area (Å²) >= 11 is 1.51. The number of carboxylic acids is 1. The van der Waals surface area contributed by atoms with Crippen LogP contribution in [0.4, 0.5) is 4.79 Å². The van der Waals surface area contributed by atoms with Gasteiger partial charge < -0.3 is 19.9 Å². The largest absolute Gasteiger partial charge is 0.479 e. The van der Waals surface area contributed by atoms with Crippen molar-refractivity contribution in [1.29, 1.82) is 0 Å². The number of thioether (sulfide) groups is 1. The van der Waals surface area contributed by atoms with Crippen molar-refractivity contribution in [2.24, 2.45) is 10.9 Å². The lowest BCUT2D eigenvalue weighted by Gasteiger charge is -2.28. The van der Waals surface area contributed by atoms with Gasteiger partial charge in [-0.1, -0.05) is 49.4 Å². The molecule has 0 aromatic carbocycles. The van der Waals surface area contributed by atoms with Crippen LogP contribution in [0.15, 0.2) is 29.3 Å². The van der Waals surface area contributed by atoms with Gasteiger partial charge in [-0.25, -0.2) is 14.6 Å². The van der Waals surface area contributed by atoms with E-state index in [1.807, 2.05) is 25.2 Å². The van der Waals surface area contributed by atoms with E-state index in [9.17, 15) is 19.5 Å². The highest BCUT2D eigenvalue weighted by atomic mass is 32.2. The monoisotopic (exact) mass is 477 g/mol. The molecule has 2 heterocycles. The number of nitrogens with zero attached hydrogens (tertiary/aromatic N) is 2. The first-order chi connectivity index (χ1) is 15.5. The van der Waals surface area contributed by atoms with Crippen molar-refractivity contribution in [1.82, 2.24) is 10.2 Å². The molecule has 0 aromatic heterocycles. The molecule has 1 saturated heterocycles. The summed E-state index contributed by atoms with van der Waals surface area (Å²) in [6, 6.07) is -0.859. The van der Waals surface area contributed by atoms with Crippen LogP contribution in [0.2, 0.25) is 0 Å². The Morgan fingerprint density at radius 2 is 2.03 bits per heavy atom. The molecule has 0 radical (unpaired) electrons. The van der Waals surface area contributed by atoms with Crippen molar-refractivity contribution >= 4 is 35.0 Å². The molecule has 180 valence electrons. The molecule has 4 rings (SSSR count). The number of fused-ring (bicyclic) bond motifs is 1. The minimum atomic E-state index is -1.26. The summed E-state index contributed by atoms with van der Waals surface area (Å²) in [6.07, 6.45) is 8.21. The summed E-state index contributed by atoms with van der Waals surface area (Å²) in [5.41, 5.74) is -1.99. The van der Waals surface area contributed by atoms with Gasteiger partial charge in [0.2, 0.25) is 11.1 Å². The molecule has 33 heavy (non-hydrogen) atoms. The number of amides is 2. The summed E-state index contributed by atoms with van der Waals surface area (Å²) in [5, 5.41) is 13.1. The fraction of sp³-hybridized carbons (Fsp3) is 0.652. The Labute approximate surface area is 197 Å². The lowest BCUT2D eigenvalue weighted by molar-refractivity contribution is -0.144. The zero-order valence-corrected chi connectivity index (χ0v) is 20.1. The van der Waals surface area contributed by atoms with E-state index in [4.69, 9.17) is 9.47 Å². The molecule has 1 saturated carbocycles. The second-order valence-electron chi connectivity index (χ2n) is 9.94. The van der Waals surface area contributed by atoms with Gasteiger partial charge in [0.15, 0.2) is 0 Å². The highest BCUT2D eigenvalue weighted by Gasteiger charge is 2.61. The fourth-order valence-electron chi connectivity index (χ4n) is 4.52. The smallest absolute Gasteiger partial charge is 0.411 e. The molecule has 4 aliphatic rings. The first-order valence-corrected chi connectivity index (χ1v) is 12.2. The molecule has 2 aliphatic heterocycles. The van der Waals surface area contributed by atoms with E-state index in [0.717, 1.165) is 0 Å². The predicted octanol–water partition coefficient (Wildman–Crippen LogP) is 2.72. The van der Waals surface area contributed by atoms with Gasteiger partial charge in [0.05, 0.1) is 17.8 Å². The van der Waals surface area contributed by atoms with Crippen molar-refractivity contribution in [3.63, 3.8) is 0 Å². The third kappa shape index (κ3) is 4.90. The maximum absolute atomic E-state index is 13.2. The van der Waals surface area contributed by atoms with Crippen molar-refractivity contribution < 1.29 is 29.0 Å². The molecule has 2 aliphatic carbocycles. The minimum Gasteiger partial charge on any atom is -0.479 e. The molecule has 0 spiro atoms. The first-order valence-electron chi connectivity index (χ1n) is 11.3. The van der Waals surface area contributed by atoms with Crippen molar-refractivity contribution in [2.75, 3.05) is 6.54 Å². The summed E-state index contributed by atoms with van der Waals surface area (Å²) in [7, 11) is 0. The lowest BCUT2D eigenvalue weighted by Crippen LogP contribution is -2.53. The number of hydrogen-bond acceptors (Lipinski definition) is 7. The Morgan fingerprint density at radius 1 is 1.30 bits per heavy atom. The molecular formula is C23H31N3O6S. The van der Waals surface area contributed by atoms with E-state index in [-0.39, 0.29) is 30.2 Å². The van der Waals surface area contributed by atoms with E-state index in [1.165, 1.54) is 16.7 Å². The zero-order chi connectivity index (χ0) is 24.0. The van der Waals surface area contributed by atoms with Gasteiger partial charge in [0, 0.05) is 6.42 Å². The third-order valence-electron chi connectivity index (χ3n) is 6.33. The van der Waals surface area contributed by atoms with E-state index in [1.54, 1.807) is 20.8 Å². The van der Waals surface area contributed by atoms with E-state index < -0.39 is 41.3 Å². The second kappa shape index (κ2) is 8.70. The Balaban J connectivity index is 1.47. The number of likely N-dealkylation sites (tertiary alicyclic amines) is 1. The molecule has 2 unspecified atom stereocenters. The molecule has 2 N–H and O–H groups in total. The van der Waals surface area contributed by atoms with Crippen molar-refractivity contribution in [3.05, 3.63) is 24.3 Å². The number of carbonyl (C=O) groups is 3. The topological polar surface area (TPSA) is 118 Å². The number of rotatable bonds is 5. The standard InChI is InChI=1S/C23H31N3O6S/c1-5-13-11-23(13,19(28)29)25-18(27)16-10-14(12-26(16)21(30)32-22(2,3)4)31-20-24-15-8-6-7-9-17(15)33-20/h6-9,13-17H,5,10-12H2,1-4H3,(H,25,27)(H,28,29)/t13-,14-,15?,16+,17?,23-/m1/s1. The maximum atomic E-state index is 13.2. The molecule has 2 fully saturated rings. The summed E-state index contributed by atoms with van der Waals surface area (Å²) in [6.45, 7) is 7.32. The van der Waals surface area contributed by atoms with Gasteiger partial charge in [-0.05, 0) is 33.1 Å². The van der Waals surface area contributed by atoms with Gasteiger partial charge in [-0.3, -0.25) is 9.69 Å². The molecule has 0 bridgehead atoms. The highest BCUT2D eigenvalue weighted by Crippen LogP contribution is 2.46. The van der Waals surface area contributed by atoms with Crippen LogP contribution in [0.1, 0.15) is 47.0 Å². The maximum Gasteiger partial charge on any atom is 0.411 e. The number of carbonyl (C=O) groups excluding carboxylic acids is 2. The molecule has 9 nitrogen and oxygen atoms in total. The van der Waals surface area contributed by atoms with Gasteiger partial charge in [-0.15, -0.1) is 0 Å². The third-order valence-corrected chi connectivity index (χ3v) is 7.45. The summed E-state index contributed by atoms with van der Waals surface area (Å²) in [4.78, 5) is 43.9. The SMILES string of the molecule is CC[C@@H]1C[C@]1(NC(=O)[C@@H]1C[C@@H](OC2=NC3C=CC=CC3S2)CN1C(=O)OC(C)(C)C)C(=O)O. The van der Waals surface area contributed by atoms with Gasteiger partial charge in [0.25, 0.3) is 0 Å². The minimum absolute atomic E-state index is 0.0220. The summed E-state index contributed by atoms with van der Waals surface area (Å²) in [5.74, 6) is -1.65. The van der Waals surface area contributed by atoms with Gasteiger partial charge in [-0.2, -0.15) is 0 Å². The van der Waals surface area contributed by atoms with Crippen LogP contribution >= 0.6 is 11.8 Å². The number of allylic oxidation sites excluding steroid dienone is 2. The van der Waals surface area contributed by atoms with Gasteiger partial charge in [0.1, 0.15) is 23.3 Å². The molecule has 0 aromatic rings. The zero-order valence-electron chi connectivity index (χ0n) is 19.3. The lowest BCUT2D eigenvalue weighted by atomic mass is 10.1. The fourth-order valence-corrected chi connectivity index (χ4v) is 5.59. The van der Waals surface area contributed by atoms with E-state index in [0.29, 0.717) is 18.1 Å². The van der Waals surface area contributed by atoms with Crippen LogP contribution < -0.4 is 5.32 Å². The van der Waals surface area contributed by atoms with Crippen LogP contribution in [0, 0.1) is 5.92 Å². The average molecular weight is 478 g/mol. The molecular weight excluding hydrogens is 446 g/mol. The number of carboxylic acid groups (broad SMARTS) is 1. The second-order valence-corrected chi connectivity index (χ2v) is 11.1. The number of hydrogen-bond donors (Lipinski definition) is 2. The number of ether oxygens (including phenoxy) is 2. The Kier molecular flexibility index (Phi) is 6.24. The quantitative estimate of drug-likeness (QED) is 0.625. The van der Waals surface area contributed by atoms with Crippen LogP contribution in [0.3, 0.4) is 0 Å². The van der Waals surface area contributed by atoms with E-state index >= 15 is 0 Å². The Hall–Kier alpha value is -2.49. The van der Waals surface area contributed by atoms with Crippen molar-refractivity contribution in [3.8, 4) is 0 Å². The number of aliphatic imine (C=N–C) groups is 1. The van der Waals surface area contributed by atoms with E-state index in [2.05, 4.69) is 16.4 Å². The molecule has 10 heteroatoms. The molecule has 2 amide bonds. The van der Waals surface area contributed by atoms with Crippen LogP contribution in [0.5, 0.6) is 0 Å². The van der Waals surface area contributed by atoms with Crippen LogP contribution in [-0.2, 0) is 19.1 Å². The van der Waals surface area contributed by atoms with Crippen molar-refractivity contribution in [2.45, 2.75) is 81.5 Å². The first kappa shape index (κ1) is 23.7. The number of aliphatic carboxylic acids is 1. The predicted molar refractivity (Wildman–Crippen MR) is 124 cm³/mol. The average Bonchev–Trinajstić information content (AvgIpc) is 3.07.